The van der Waals surface area contributed by atoms with Gasteiger partial charge in [0.25, 0.3) is 5.56 Å². The Bertz CT molecular complexity index is 1390. The summed E-state index contributed by atoms with van der Waals surface area (Å²) in [7, 11) is 0. The van der Waals surface area contributed by atoms with Crippen molar-refractivity contribution in [1.29, 1.82) is 0 Å². The van der Waals surface area contributed by atoms with Gasteiger partial charge in [0.05, 0.1) is 10.2 Å². The lowest BCUT2D eigenvalue weighted by Gasteiger charge is -2.37. The number of aliphatic hydroxyl groups is 3. The second-order valence-corrected chi connectivity index (χ2v) is 10.0. The third-order valence-corrected chi connectivity index (χ3v) is 7.51. The van der Waals surface area contributed by atoms with Crippen LogP contribution in [-0.4, -0.2) is 49.4 Å². The topological polar surface area (TPSA) is 114 Å². The fraction of sp³-hybridized carbons (Fsp3) is 0.214. The zero-order chi connectivity index (χ0) is 26.2. The maximum Gasteiger partial charge on any atom is 0.334 e. The summed E-state index contributed by atoms with van der Waals surface area (Å²) in [5, 5.41) is 30.6. The minimum atomic E-state index is -1.49. The van der Waals surface area contributed by atoms with E-state index < -0.39 is 47.9 Å². The Kier molecular flexibility index (Phi) is 7.15. The van der Waals surface area contributed by atoms with Crippen molar-refractivity contribution in [2.45, 2.75) is 30.1 Å². The first-order valence-electron chi connectivity index (χ1n) is 11.7. The number of hydrogen-bond acceptors (Lipinski definition) is 6. The Morgan fingerprint density at radius 3 is 1.65 bits per heavy atom. The van der Waals surface area contributed by atoms with Crippen LogP contribution in [0.1, 0.15) is 22.9 Å². The van der Waals surface area contributed by atoms with Crippen LogP contribution in [0.4, 0.5) is 0 Å². The van der Waals surface area contributed by atoms with Gasteiger partial charge in [-0.05, 0) is 39.3 Å². The SMILES string of the molecule is O=c1c(I)cn([C@@H]2O[C@H](CO)[C@@H](O)[C@H]2O)c(=O)n1C(c1ccccc1)(c1ccccc1)c1ccccc1. The van der Waals surface area contributed by atoms with E-state index in [0.29, 0.717) is 16.7 Å². The lowest BCUT2D eigenvalue weighted by molar-refractivity contribution is -0.0559. The molecule has 3 aromatic carbocycles. The molecule has 0 spiro atoms. The van der Waals surface area contributed by atoms with Gasteiger partial charge in [0.15, 0.2) is 6.23 Å². The molecular weight excluding hydrogens is 587 g/mol. The summed E-state index contributed by atoms with van der Waals surface area (Å²) in [6.07, 6.45) is -3.96. The molecule has 1 saturated heterocycles. The van der Waals surface area contributed by atoms with Gasteiger partial charge in [-0.3, -0.25) is 9.36 Å². The van der Waals surface area contributed by atoms with E-state index >= 15 is 0 Å². The molecule has 2 heterocycles. The van der Waals surface area contributed by atoms with Crippen molar-refractivity contribution in [3.8, 4) is 0 Å². The minimum absolute atomic E-state index is 0.210. The molecular formula is C28H25IN2O6. The van der Waals surface area contributed by atoms with Crippen molar-refractivity contribution in [3.05, 3.63) is 138 Å². The molecule has 3 N–H and O–H groups in total. The monoisotopic (exact) mass is 612 g/mol. The van der Waals surface area contributed by atoms with Crippen molar-refractivity contribution < 1.29 is 20.1 Å². The van der Waals surface area contributed by atoms with E-state index in [-0.39, 0.29) is 3.57 Å². The summed E-state index contributed by atoms with van der Waals surface area (Å²) in [6.45, 7) is -0.539. The zero-order valence-corrected chi connectivity index (χ0v) is 21.8. The highest BCUT2D eigenvalue weighted by Crippen LogP contribution is 2.39. The lowest BCUT2D eigenvalue weighted by Crippen LogP contribution is -2.55. The molecule has 1 aliphatic heterocycles. The fourth-order valence-corrected chi connectivity index (χ4v) is 5.60. The number of aromatic nitrogens is 2. The van der Waals surface area contributed by atoms with E-state index in [2.05, 4.69) is 0 Å². The summed E-state index contributed by atoms with van der Waals surface area (Å²) in [4.78, 5) is 28.3. The molecule has 0 unspecified atom stereocenters. The van der Waals surface area contributed by atoms with Crippen LogP contribution in [0.2, 0.25) is 0 Å². The molecule has 4 aromatic rings. The first kappa shape index (κ1) is 25.6. The molecule has 1 fully saturated rings. The summed E-state index contributed by atoms with van der Waals surface area (Å²) < 4.78 is 8.19. The number of hydrogen-bond donors (Lipinski definition) is 3. The van der Waals surface area contributed by atoms with Gasteiger partial charge in [0.1, 0.15) is 23.9 Å². The van der Waals surface area contributed by atoms with E-state index in [1.54, 1.807) is 0 Å². The molecule has 8 nitrogen and oxygen atoms in total. The van der Waals surface area contributed by atoms with E-state index in [4.69, 9.17) is 4.74 Å². The van der Waals surface area contributed by atoms with Gasteiger partial charge in [-0.1, -0.05) is 91.0 Å². The van der Waals surface area contributed by atoms with E-state index in [0.717, 1.165) is 4.57 Å². The Labute approximate surface area is 226 Å². The van der Waals surface area contributed by atoms with Crippen molar-refractivity contribution in [2.24, 2.45) is 0 Å². The maximum atomic E-state index is 14.3. The highest BCUT2D eigenvalue weighted by atomic mass is 127. The quantitative estimate of drug-likeness (QED) is 0.227. The van der Waals surface area contributed by atoms with Crippen molar-refractivity contribution in [2.75, 3.05) is 6.61 Å². The molecule has 0 bridgehead atoms. The van der Waals surface area contributed by atoms with Crippen LogP contribution in [0, 0.1) is 3.57 Å². The van der Waals surface area contributed by atoms with Gasteiger partial charge >= 0.3 is 5.69 Å². The second kappa shape index (κ2) is 10.3. The van der Waals surface area contributed by atoms with E-state index in [1.807, 2.05) is 114 Å². The van der Waals surface area contributed by atoms with Crippen LogP contribution in [0.5, 0.6) is 0 Å². The number of nitrogens with zero attached hydrogens (tertiary/aromatic N) is 2. The molecule has 1 aliphatic rings. The molecule has 5 rings (SSSR count). The van der Waals surface area contributed by atoms with Crippen LogP contribution in [0.25, 0.3) is 0 Å². The number of ether oxygens (including phenoxy) is 1. The zero-order valence-electron chi connectivity index (χ0n) is 19.6. The molecule has 1 aromatic heterocycles. The Balaban J connectivity index is 1.91. The van der Waals surface area contributed by atoms with Crippen LogP contribution >= 0.6 is 22.6 Å². The van der Waals surface area contributed by atoms with Crippen LogP contribution < -0.4 is 11.2 Å². The lowest BCUT2D eigenvalue weighted by atomic mass is 9.76. The largest absolute Gasteiger partial charge is 0.394 e. The summed E-state index contributed by atoms with van der Waals surface area (Å²) >= 11 is 1.86. The van der Waals surface area contributed by atoms with Gasteiger partial charge in [-0.15, -0.1) is 0 Å². The van der Waals surface area contributed by atoms with E-state index in [9.17, 15) is 24.9 Å². The molecule has 4 atom stereocenters. The van der Waals surface area contributed by atoms with Crippen molar-refractivity contribution >= 4 is 22.6 Å². The van der Waals surface area contributed by atoms with Crippen molar-refractivity contribution in [1.82, 2.24) is 9.13 Å². The molecule has 0 amide bonds. The van der Waals surface area contributed by atoms with Gasteiger partial charge in [0.2, 0.25) is 0 Å². The standard InChI is InChI=1S/C28H25IN2O6/c29-21-16-30(26-24(34)23(33)22(17-32)37-26)27(36)31(25(21)35)28(18-10-4-1-5-11-18,19-12-6-2-7-13-19)20-14-8-3-9-15-20/h1-16,22-24,26,32-34H,17H2/t22-,23-,24-,26-/m1/s1. The predicted octanol–water partition coefficient (Wildman–Crippen LogP) is 2.07. The van der Waals surface area contributed by atoms with Gasteiger partial charge in [-0.2, -0.15) is 0 Å². The summed E-state index contributed by atoms with van der Waals surface area (Å²) in [5.74, 6) is 0. The first-order chi connectivity index (χ1) is 17.9. The highest BCUT2D eigenvalue weighted by Gasteiger charge is 2.46. The maximum absolute atomic E-state index is 14.3. The van der Waals surface area contributed by atoms with Crippen LogP contribution in [0.3, 0.4) is 0 Å². The predicted molar refractivity (Wildman–Crippen MR) is 145 cm³/mol. The number of aliphatic hydroxyl groups excluding tert-OH is 3. The van der Waals surface area contributed by atoms with Gasteiger partial charge in [-0.25, -0.2) is 9.36 Å². The first-order valence-corrected chi connectivity index (χ1v) is 12.8. The highest BCUT2D eigenvalue weighted by molar-refractivity contribution is 14.1. The second-order valence-electron chi connectivity index (χ2n) is 8.84. The average Bonchev–Trinajstić information content (AvgIpc) is 3.23. The third kappa shape index (κ3) is 4.16. The number of halogens is 1. The average molecular weight is 612 g/mol. The molecule has 0 radical (unpaired) electrons. The number of benzene rings is 3. The van der Waals surface area contributed by atoms with Gasteiger partial charge < -0.3 is 20.1 Å². The molecule has 0 saturated carbocycles. The normalized spacial score (nSPS) is 21.7. The van der Waals surface area contributed by atoms with Crippen molar-refractivity contribution in [3.63, 3.8) is 0 Å². The number of rotatable bonds is 6. The Hall–Kier alpha value is -3.09. The molecule has 0 aliphatic carbocycles. The van der Waals surface area contributed by atoms with Crippen LogP contribution in [-0.2, 0) is 10.3 Å². The minimum Gasteiger partial charge on any atom is -0.394 e. The van der Waals surface area contributed by atoms with Crippen LogP contribution in [0.15, 0.2) is 107 Å². The molecule has 190 valence electrons. The molecule has 9 heteroatoms. The Morgan fingerprint density at radius 2 is 1.24 bits per heavy atom. The fourth-order valence-electron chi connectivity index (χ4n) is 5.05. The summed E-state index contributed by atoms with van der Waals surface area (Å²) in [6, 6.07) is 27.8. The smallest absolute Gasteiger partial charge is 0.334 e. The van der Waals surface area contributed by atoms with Gasteiger partial charge in [0, 0.05) is 6.20 Å². The molecule has 37 heavy (non-hydrogen) atoms. The van der Waals surface area contributed by atoms with E-state index in [1.165, 1.54) is 10.8 Å². The Morgan fingerprint density at radius 1 is 0.784 bits per heavy atom. The summed E-state index contributed by atoms with van der Waals surface area (Å²) in [5.41, 5.74) is -0.592. The third-order valence-electron chi connectivity index (χ3n) is 6.77.